The molecule has 0 fully saturated rings. The third kappa shape index (κ3) is 7.83. The van der Waals surface area contributed by atoms with Gasteiger partial charge in [-0.1, -0.05) is 33.8 Å². The number of amides is 3. The summed E-state index contributed by atoms with van der Waals surface area (Å²) in [5, 5.41) is 5.97. The molecule has 206 valence electrons. The second-order valence-corrected chi connectivity index (χ2v) is 12.8. The molecule has 0 spiro atoms. The van der Waals surface area contributed by atoms with Crippen LogP contribution >= 0.6 is 23.1 Å². The fraction of sp³-hybridized carbons (Fsp3) is 0.500. The lowest BCUT2D eigenvalue weighted by Gasteiger charge is -2.25. The molecule has 0 aliphatic carbocycles. The van der Waals surface area contributed by atoms with Crippen molar-refractivity contribution >= 4 is 57.5 Å². The maximum absolute atomic E-state index is 13.4. The predicted octanol–water partition coefficient (Wildman–Crippen LogP) is 5.71. The van der Waals surface area contributed by atoms with Gasteiger partial charge < -0.3 is 20.3 Å². The van der Waals surface area contributed by atoms with Gasteiger partial charge >= 0.3 is 5.97 Å². The Bertz CT molecular complexity index is 1200. The molecule has 1 atom stereocenters. The third-order valence-corrected chi connectivity index (χ3v) is 8.46. The standard InChI is InChI=1S/C28H37N3O5S2/c1-7-21(37-19-11-9-10-18(14-19)29-23(33)15-28(4,5)6)25(34)30-26-24(27(35)36-8-2)20-12-13-31(17(3)32)16-22(20)38-26/h9-11,14,21H,7-8,12-13,15-16H2,1-6H3,(H,29,33)(H,30,34). The van der Waals surface area contributed by atoms with E-state index >= 15 is 0 Å². The van der Waals surface area contributed by atoms with Gasteiger partial charge in [0.2, 0.25) is 17.7 Å². The zero-order chi connectivity index (χ0) is 28.0. The Hall–Kier alpha value is -2.85. The van der Waals surface area contributed by atoms with Crippen LogP contribution in [0.15, 0.2) is 29.2 Å². The minimum absolute atomic E-state index is 0.0217. The smallest absolute Gasteiger partial charge is 0.341 e. The topological polar surface area (TPSA) is 105 Å². The molecule has 2 N–H and O–H groups in total. The van der Waals surface area contributed by atoms with Crippen molar-refractivity contribution in [3.63, 3.8) is 0 Å². The summed E-state index contributed by atoms with van der Waals surface area (Å²) in [5.74, 6) is -0.754. The average molecular weight is 560 g/mol. The van der Waals surface area contributed by atoms with Crippen LogP contribution in [-0.2, 0) is 32.1 Å². The van der Waals surface area contributed by atoms with E-state index in [1.807, 2.05) is 52.0 Å². The summed E-state index contributed by atoms with van der Waals surface area (Å²) in [6, 6.07) is 7.46. The number of benzene rings is 1. The molecule has 1 aliphatic rings. The van der Waals surface area contributed by atoms with E-state index in [4.69, 9.17) is 4.74 Å². The number of anilines is 2. The van der Waals surface area contributed by atoms with Crippen LogP contribution < -0.4 is 10.6 Å². The second kappa shape index (κ2) is 12.8. The number of hydrogen-bond acceptors (Lipinski definition) is 7. The highest BCUT2D eigenvalue weighted by molar-refractivity contribution is 8.00. The van der Waals surface area contributed by atoms with Crippen LogP contribution in [0.2, 0.25) is 0 Å². The van der Waals surface area contributed by atoms with Gasteiger partial charge in [-0.05, 0) is 48.9 Å². The first kappa shape index (κ1) is 29.7. The molecule has 8 nitrogen and oxygen atoms in total. The number of ether oxygens (including phenoxy) is 1. The minimum atomic E-state index is -0.462. The summed E-state index contributed by atoms with van der Waals surface area (Å²) in [5.41, 5.74) is 1.81. The highest BCUT2D eigenvalue weighted by Crippen LogP contribution is 2.38. The van der Waals surface area contributed by atoms with Crippen molar-refractivity contribution in [1.82, 2.24) is 4.90 Å². The molecule has 1 unspecified atom stereocenters. The quantitative estimate of drug-likeness (QED) is 0.301. The Labute approximate surface area is 232 Å². The number of rotatable bonds is 9. The monoisotopic (exact) mass is 559 g/mol. The highest BCUT2D eigenvalue weighted by Gasteiger charge is 2.31. The number of thiophene rings is 1. The number of nitrogens with zero attached hydrogens (tertiary/aromatic N) is 1. The van der Waals surface area contributed by atoms with Crippen LogP contribution in [0.3, 0.4) is 0 Å². The maximum atomic E-state index is 13.4. The van der Waals surface area contributed by atoms with Gasteiger partial charge in [-0.3, -0.25) is 14.4 Å². The van der Waals surface area contributed by atoms with Gasteiger partial charge in [0.05, 0.1) is 24.0 Å². The van der Waals surface area contributed by atoms with Gasteiger partial charge in [-0.15, -0.1) is 23.1 Å². The molecule has 3 amide bonds. The van der Waals surface area contributed by atoms with Gasteiger partial charge in [0, 0.05) is 35.3 Å². The molecular formula is C28H37N3O5S2. The van der Waals surface area contributed by atoms with E-state index in [0.29, 0.717) is 48.6 Å². The second-order valence-electron chi connectivity index (χ2n) is 10.4. The molecular weight excluding hydrogens is 522 g/mol. The number of carbonyl (C=O) groups is 4. The summed E-state index contributed by atoms with van der Waals surface area (Å²) in [6.07, 6.45) is 1.51. The van der Waals surface area contributed by atoms with Crippen molar-refractivity contribution in [2.45, 2.75) is 77.5 Å². The SMILES string of the molecule is CCOC(=O)c1c(NC(=O)C(CC)Sc2cccc(NC(=O)CC(C)(C)C)c2)sc2c1CCN(C(C)=O)C2. The molecule has 10 heteroatoms. The van der Waals surface area contributed by atoms with E-state index in [2.05, 4.69) is 10.6 Å². The van der Waals surface area contributed by atoms with E-state index in [1.54, 1.807) is 11.8 Å². The molecule has 2 aromatic rings. The summed E-state index contributed by atoms with van der Waals surface area (Å²) in [4.78, 5) is 54.0. The number of nitrogens with one attached hydrogen (secondary N) is 2. The van der Waals surface area contributed by atoms with Gasteiger partial charge in [0.1, 0.15) is 5.00 Å². The molecule has 3 rings (SSSR count). The molecule has 1 aromatic carbocycles. The zero-order valence-electron chi connectivity index (χ0n) is 22.9. The van der Waals surface area contributed by atoms with Crippen LogP contribution in [0.1, 0.15) is 75.2 Å². The average Bonchev–Trinajstić information content (AvgIpc) is 3.18. The lowest BCUT2D eigenvalue weighted by molar-refractivity contribution is -0.129. The number of hydrogen-bond donors (Lipinski definition) is 2. The molecule has 0 saturated heterocycles. The van der Waals surface area contributed by atoms with E-state index in [-0.39, 0.29) is 29.7 Å². The zero-order valence-corrected chi connectivity index (χ0v) is 24.6. The molecule has 0 bridgehead atoms. The van der Waals surface area contributed by atoms with Gasteiger partial charge in [0.15, 0.2) is 0 Å². The van der Waals surface area contributed by atoms with Crippen molar-refractivity contribution in [2.75, 3.05) is 23.8 Å². The van der Waals surface area contributed by atoms with Crippen LogP contribution in [0.25, 0.3) is 0 Å². The van der Waals surface area contributed by atoms with Crippen LogP contribution in [0, 0.1) is 5.41 Å². The fourth-order valence-electron chi connectivity index (χ4n) is 4.19. The van der Waals surface area contributed by atoms with Gasteiger partial charge in [-0.25, -0.2) is 4.79 Å². The molecule has 0 radical (unpaired) electrons. The van der Waals surface area contributed by atoms with E-state index in [9.17, 15) is 19.2 Å². The first-order valence-electron chi connectivity index (χ1n) is 12.9. The Morgan fingerprint density at radius 1 is 1.16 bits per heavy atom. The summed E-state index contributed by atoms with van der Waals surface area (Å²) in [7, 11) is 0. The highest BCUT2D eigenvalue weighted by atomic mass is 32.2. The van der Waals surface area contributed by atoms with Crippen molar-refractivity contribution in [3.05, 3.63) is 40.3 Å². The predicted molar refractivity (Wildman–Crippen MR) is 153 cm³/mol. The summed E-state index contributed by atoms with van der Waals surface area (Å²) >= 11 is 2.74. The van der Waals surface area contributed by atoms with Crippen molar-refractivity contribution in [3.8, 4) is 0 Å². The molecule has 38 heavy (non-hydrogen) atoms. The van der Waals surface area contributed by atoms with Crippen LogP contribution in [-0.4, -0.2) is 47.0 Å². The van der Waals surface area contributed by atoms with Gasteiger partial charge in [0.25, 0.3) is 0 Å². The van der Waals surface area contributed by atoms with Crippen LogP contribution in [0.4, 0.5) is 10.7 Å². The maximum Gasteiger partial charge on any atom is 0.341 e. The lowest BCUT2D eigenvalue weighted by atomic mass is 9.92. The molecule has 1 aromatic heterocycles. The van der Waals surface area contributed by atoms with Crippen molar-refractivity contribution < 1.29 is 23.9 Å². The molecule has 0 saturated carbocycles. The molecule has 1 aliphatic heterocycles. The lowest BCUT2D eigenvalue weighted by Crippen LogP contribution is -2.34. The van der Waals surface area contributed by atoms with E-state index < -0.39 is 11.2 Å². The number of thioether (sulfide) groups is 1. The Kier molecular flexibility index (Phi) is 10.0. The van der Waals surface area contributed by atoms with Crippen molar-refractivity contribution in [1.29, 1.82) is 0 Å². The minimum Gasteiger partial charge on any atom is -0.462 e. The van der Waals surface area contributed by atoms with E-state index in [0.717, 1.165) is 15.3 Å². The third-order valence-electron chi connectivity index (χ3n) is 5.97. The van der Waals surface area contributed by atoms with Gasteiger partial charge in [-0.2, -0.15) is 0 Å². The number of fused-ring (bicyclic) bond motifs is 1. The Balaban J connectivity index is 1.77. The first-order chi connectivity index (χ1) is 17.9. The summed E-state index contributed by atoms with van der Waals surface area (Å²) < 4.78 is 5.30. The van der Waals surface area contributed by atoms with Crippen molar-refractivity contribution in [2.24, 2.45) is 5.41 Å². The largest absolute Gasteiger partial charge is 0.462 e. The Morgan fingerprint density at radius 2 is 1.89 bits per heavy atom. The summed E-state index contributed by atoms with van der Waals surface area (Å²) in [6.45, 7) is 12.4. The Morgan fingerprint density at radius 3 is 2.53 bits per heavy atom. The van der Waals surface area contributed by atoms with Crippen LogP contribution in [0.5, 0.6) is 0 Å². The number of esters is 1. The van der Waals surface area contributed by atoms with E-state index in [1.165, 1.54) is 30.0 Å². The fourth-order valence-corrected chi connectivity index (χ4v) is 6.46. The molecule has 2 heterocycles. The normalized spacial score (nSPS) is 13.9. The number of carbonyl (C=O) groups excluding carboxylic acids is 4. The first-order valence-corrected chi connectivity index (χ1v) is 14.6.